The van der Waals surface area contributed by atoms with Crippen molar-refractivity contribution in [1.29, 1.82) is 0 Å². The Balaban J connectivity index is 2.05. The molecule has 0 saturated heterocycles. The fourth-order valence-electron chi connectivity index (χ4n) is 2.09. The summed E-state index contributed by atoms with van der Waals surface area (Å²) in [5, 5.41) is 9.13. The van der Waals surface area contributed by atoms with Crippen LogP contribution in [0.1, 0.15) is 36.5 Å². The van der Waals surface area contributed by atoms with E-state index < -0.39 is 0 Å². The third-order valence-electron chi connectivity index (χ3n) is 3.45. The van der Waals surface area contributed by atoms with Gasteiger partial charge in [0.25, 0.3) is 0 Å². The minimum absolute atomic E-state index is 0.00664. The highest BCUT2D eigenvalue weighted by Crippen LogP contribution is 2.29. The van der Waals surface area contributed by atoms with Crippen LogP contribution in [0.25, 0.3) is 0 Å². The van der Waals surface area contributed by atoms with Gasteiger partial charge in [-0.25, -0.2) is 0 Å². The Bertz CT molecular complexity index is 574. The molecule has 0 radical (unpaired) electrons. The lowest BCUT2D eigenvalue weighted by Crippen LogP contribution is -1.99. The molecule has 3 nitrogen and oxygen atoms in total. The SMILES string of the molecule is COc1cc(CO)ccc1OCc1ccc(C(C)C)cc1. The van der Waals surface area contributed by atoms with Crippen molar-refractivity contribution in [3.05, 3.63) is 59.2 Å². The molecule has 0 amide bonds. The molecule has 2 rings (SSSR count). The lowest BCUT2D eigenvalue weighted by molar-refractivity contribution is 0.274. The standard InChI is InChI=1S/C18H22O3/c1-13(2)16-7-4-14(5-8-16)12-21-17-9-6-15(11-19)10-18(17)20-3/h4-10,13,19H,11-12H2,1-3H3. The molecule has 0 aliphatic heterocycles. The van der Waals surface area contributed by atoms with Gasteiger partial charge in [-0.2, -0.15) is 0 Å². The maximum absolute atomic E-state index is 9.13. The van der Waals surface area contributed by atoms with Gasteiger partial charge in [-0.05, 0) is 34.7 Å². The summed E-state index contributed by atoms with van der Waals surface area (Å²) in [5.74, 6) is 1.86. The molecule has 0 aromatic heterocycles. The zero-order valence-electron chi connectivity index (χ0n) is 12.8. The molecule has 2 aromatic rings. The summed E-state index contributed by atoms with van der Waals surface area (Å²) in [6, 6.07) is 13.9. The van der Waals surface area contributed by atoms with Crippen molar-refractivity contribution in [3.63, 3.8) is 0 Å². The highest BCUT2D eigenvalue weighted by molar-refractivity contribution is 5.43. The van der Waals surface area contributed by atoms with E-state index in [0.717, 1.165) is 11.1 Å². The Morgan fingerprint density at radius 2 is 1.62 bits per heavy atom. The number of aliphatic hydroxyl groups excluding tert-OH is 1. The largest absolute Gasteiger partial charge is 0.493 e. The zero-order valence-corrected chi connectivity index (χ0v) is 12.8. The van der Waals surface area contributed by atoms with Crippen LogP contribution in [-0.4, -0.2) is 12.2 Å². The summed E-state index contributed by atoms with van der Waals surface area (Å²) in [6.45, 7) is 4.85. The van der Waals surface area contributed by atoms with Gasteiger partial charge in [0.15, 0.2) is 11.5 Å². The molecule has 0 atom stereocenters. The lowest BCUT2D eigenvalue weighted by Gasteiger charge is -2.12. The van der Waals surface area contributed by atoms with E-state index in [1.54, 1.807) is 13.2 Å². The molecule has 0 saturated carbocycles. The van der Waals surface area contributed by atoms with Crippen molar-refractivity contribution < 1.29 is 14.6 Å². The molecule has 2 aromatic carbocycles. The number of ether oxygens (including phenoxy) is 2. The van der Waals surface area contributed by atoms with E-state index in [1.807, 2.05) is 12.1 Å². The van der Waals surface area contributed by atoms with Crippen LogP contribution in [-0.2, 0) is 13.2 Å². The van der Waals surface area contributed by atoms with Gasteiger partial charge in [0.1, 0.15) is 6.61 Å². The van der Waals surface area contributed by atoms with Crippen molar-refractivity contribution >= 4 is 0 Å². The number of rotatable bonds is 6. The zero-order chi connectivity index (χ0) is 15.2. The first-order chi connectivity index (χ1) is 10.1. The smallest absolute Gasteiger partial charge is 0.161 e. The second-order valence-electron chi connectivity index (χ2n) is 5.33. The summed E-state index contributed by atoms with van der Waals surface area (Å²) in [5.41, 5.74) is 3.25. The highest BCUT2D eigenvalue weighted by Gasteiger charge is 2.06. The first kappa shape index (κ1) is 15.4. The van der Waals surface area contributed by atoms with E-state index in [4.69, 9.17) is 14.6 Å². The summed E-state index contributed by atoms with van der Waals surface area (Å²) in [4.78, 5) is 0. The minimum atomic E-state index is -0.00664. The van der Waals surface area contributed by atoms with Gasteiger partial charge in [-0.3, -0.25) is 0 Å². The van der Waals surface area contributed by atoms with Crippen LogP contribution in [0.2, 0.25) is 0 Å². The van der Waals surface area contributed by atoms with Gasteiger partial charge in [0.2, 0.25) is 0 Å². The van der Waals surface area contributed by atoms with Crippen LogP contribution in [0.5, 0.6) is 11.5 Å². The third kappa shape index (κ3) is 3.99. The van der Waals surface area contributed by atoms with Crippen LogP contribution in [0.3, 0.4) is 0 Å². The van der Waals surface area contributed by atoms with Gasteiger partial charge >= 0.3 is 0 Å². The maximum Gasteiger partial charge on any atom is 0.161 e. The molecule has 0 fully saturated rings. The number of aliphatic hydroxyl groups is 1. The molecule has 112 valence electrons. The average Bonchev–Trinajstić information content (AvgIpc) is 2.53. The van der Waals surface area contributed by atoms with Crippen LogP contribution in [0.4, 0.5) is 0 Å². The Hall–Kier alpha value is -2.00. The van der Waals surface area contributed by atoms with E-state index in [-0.39, 0.29) is 6.61 Å². The van der Waals surface area contributed by atoms with Crippen LogP contribution >= 0.6 is 0 Å². The lowest BCUT2D eigenvalue weighted by atomic mass is 10.0. The Morgan fingerprint density at radius 3 is 2.19 bits per heavy atom. The molecular weight excluding hydrogens is 264 g/mol. The number of benzene rings is 2. The Morgan fingerprint density at radius 1 is 0.952 bits per heavy atom. The molecule has 1 N–H and O–H groups in total. The monoisotopic (exact) mass is 286 g/mol. The van der Waals surface area contributed by atoms with Crippen LogP contribution in [0.15, 0.2) is 42.5 Å². The minimum Gasteiger partial charge on any atom is -0.493 e. The predicted molar refractivity (Wildman–Crippen MR) is 83.8 cm³/mol. The van der Waals surface area contributed by atoms with Gasteiger partial charge in [-0.15, -0.1) is 0 Å². The van der Waals surface area contributed by atoms with Crippen molar-refractivity contribution in [2.24, 2.45) is 0 Å². The molecule has 0 aliphatic rings. The molecule has 0 aliphatic carbocycles. The molecule has 21 heavy (non-hydrogen) atoms. The molecule has 0 spiro atoms. The fourth-order valence-corrected chi connectivity index (χ4v) is 2.09. The second kappa shape index (κ2) is 7.14. The first-order valence-electron chi connectivity index (χ1n) is 7.13. The average molecular weight is 286 g/mol. The fraction of sp³-hybridized carbons (Fsp3) is 0.333. The summed E-state index contributed by atoms with van der Waals surface area (Å²) < 4.78 is 11.1. The van der Waals surface area contributed by atoms with Gasteiger partial charge in [-0.1, -0.05) is 44.2 Å². The van der Waals surface area contributed by atoms with Crippen LogP contribution < -0.4 is 9.47 Å². The number of hydrogen-bond donors (Lipinski definition) is 1. The van der Waals surface area contributed by atoms with E-state index in [0.29, 0.717) is 24.0 Å². The highest BCUT2D eigenvalue weighted by atomic mass is 16.5. The van der Waals surface area contributed by atoms with E-state index >= 15 is 0 Å². The van der Waals surface area contributed by atoms with E-state index in [1.165, 1.54) is 5.56 Å². The predicted octanol–water partition coefficient (Wildman–Crippen LogP) is 3.89. The topological polar surface area (TPSA) is 38.7 Å². The summed E-state index contributed by atoms with van der Waals surface area (Å²) >= 11 is 0. The van der Waals surface area contributed by atoms with Crippen molar-refractivity contribution in [2.45, 2.75) is 33.0 Å². The summed E-state index contributed by atoms with van der Waals surface area (Å²) in [7, 11) is 1.60. The van der Waals surface area contributed by atoms with E-state index in [9.17, 15) is 0 Å². The normalized spacial score (nSPS) is 10.7. The quantitative estimate of drug-likeness (QED) is 0.875. The Kier molecular flexibility index (Phi) is 5.23. The van der Waals surface area contributed by atoms with Gasteiger partial charge in [0, 0.05) is 0 Å². The number of methoxy groups -OCH3 is 1. The van der Waals surface area contributed by atoms with Gasteiger partial charge < -0.3 is 14.6 Å². The molecule has 3 heteroatoms. The first-order valence-corrected chi connectivity index (χ1v) is 7.13. The van der Waals surface area contributed by atoms with Gasteiger partial charge in [0.05, 0.1) is 13.7 Å². The molecule has 0 unspecified atom stereocenters. The van der Waals surface area contributed by atoms with Crippen LogP contribution in [0, 0.1) is 0 Å². The molecule has 0 bridgehead atoms. The summed E-state index contributed by atoms with van der Waals surface area (Å²) in [6.07, 6.45) is 0. The molecular formula is C18H22O3. The van der Waals surface area contributed by atoms with E-state index in [2.05, 4.69) is 38.1 Å². The Labute approximate surface area is 126 Å². The third-order valence-corrected chi connectivity index (χ3v) is 3.45. The van der Waals surface area contributed by atoms with Crippen molar-refractivity contribution in [1.82, 2.24) is 0 Å². The molecule has 0 heterocycles. The van der Waals surface area contributed by atoms with Crippen molar-refractivity contribution in [3.8, 4) is 11.5 Å². The second-order valence-corrected chi connectivity index (χ2v) is 5.33. The van der Waals surface area contributed by atoms with Crippen molar-refractivity contribution in [2.75, 3.05) is 7.11 Å². The maximum atomic E-state index is 9.13. The number of hydrogen-bond acceptors (Lipinski definition) is 3.